The third-order valence-electron chi connectivity index (χ3n) is 4.24. The van der Waals surface area contributed by atoms with Gasteiger partial charge in [-0.25, -0.2) is 9.18 Å². The van der Waals surface area contributed by atoms with E-state index in [0.29, 0.717) is 19.5 Å². The average molecular weight is 341 g/mol. The van der Waals surface area contributed by atoms with Gasteiger partial charge in [0, 0.05) is 26.6 Å². The molecule has 0 aliphatic carbocycles. The van der Waals surface area contributed by atoms with Crippen molar-refractivity contribution in [2.45, 2.75) is 19.4 Å². The van der Waals surface area contributed by atoms with Crippen LogP contribution in [0.25, 0.3) is 11.0 Å². The predicted octanol–water partition coefficient (Wildman–Crippen LogP) is 2.23. The van der Waals surface area contributed by atoms with E-state index in [2.05, 4.69) is 5.32 Å². The summed E-state index contributed by atoms with van der Waals surface area (Å²) in [7, 11) is 1.72. The van der Waals surface area contributed by atoms with Crippen LogP contribution in [0.3, 0.4) is 0 Å². The minimum Gasteiger partial charge on any atom is -0.356 e. The zero-order valence-corrected chi connectivity index (χ0v) is 14.0. The number of nitrogens with one attached hydrogen (secondary N) is 1. The first kappa shape index (κ1) is 17.0. The molecule has 5 nitrogen and oxygen atoms in total. The van der Waals surface area contributed by atoms with E-state index in [1.807, 2.05) is 30.3 Å². The normalized spacial score (nSPS) is 11.0. The van der Waals surface area contributed by atoms with Crippen molar-refractivity contribution in [1.29, 1.82) is 0 Å². The molecule has 3 aromatic rings. The molecule has 1 N–H and O–H groups in total. The highest BCUT2D eigenvalue weighted by Gasteiger charge is 2.11. The maximum absolute atomic E-state index is 13.1. The van der Waals surface area contributed by atoms with Crippen molar-refractivity contribution in [3.8, 4) is 0 Å². The number of amides is 1. The summed E-state index contributed by atoms with van der Waals surface area (Å²) in [6, 6.07) is 13.8. The number of carbonyl (C=O) groups excluding carboxylic acids is 1. The Morgan fingerprint density at radius 3 is 2.64 bits per heavy atom. The van der Waals surface area contributed by atoms with Crippen molar-refractivity contribution < 1.29 is 9.18 Å². The second kappa shape index (κ2) is 7.34. The third kappa shape index (κ3) is 3.79. The molecule has 0 saturated heterocycles. The number of hydrogen-bond acceptors (Lipinski definition) is 2. The van der Waals surface area contributed by atoms with Crippen LogP contribution in [0.15, 0.2) is 53.3 Å². The predicted molar refractivity (Wildman–Crippen MR) is 94.9 cm³/mol. The van der Waals surface area contributed by atoms with Gasteiger partial charge in [0.2, 0.25) is 5.91 Å². The first-order chi connectivity index (χ1) is 12.1. The van der Waals surface area contributed by atoms with Gasteiger partial charge in [-0.3, -0.25) is 13.9 Å². The van der Waals surface area contributed by atoms with Gasteiger partial charge < -0.3 is 5.32 Å². The van der Waals surface area contributed by atoms with Gasteiger partial charge in [-0.2, -0.15) is 0 Å². The largest absolute Gasteiger partial charge is 0.356 e. The van der Waals surface area contributed by atoms with Gasteiger partial charge in [0.25, 0.3) is 0 Å². The van der Waals surface area contributed by atoms with Crippen LogP contribution >= 0.6 is 0 Å². The highest BCUT2D eigenvalue weighted by Crippen LogP contribution is 2.11. The maximum atomic E-state index is 13.1. The van der Waals surface area contributed by atoms with E-state index in [4.69, 9.17) is 0 Å². The number of halogens is 1. The van der Waals surface area contributed by atoms with Crippen LogP contribution in [0.1, 0.15) is 12.0 Å². The Bertz CT molecular complexity index is 959. The molecule has 1 heterocycles. The fourth-order valence-electron chi connectivity index (χ4n) is 2.92. The monoisotopic (exact) mass is 341 g/mol. The lowest BCUT2D eigenvalue weighted by molar-refractivity contribution is -0.121. The number of carbonyl (C=O) groups is 1. The zero-order chi connectivity index (χ0) is 17.8. The quantitative estimate of drug-likeness (QED) is 0.747. The third-order valence-corrected chi connectivity index (χ3v) is 4.24. The minimum absolute atomic E-state index is 0.128. The van der Waals surface area contributed by atoms with Crippen LogP contribution in [0.5, 0.6) is 0 Å². The van der Waals surface area contributed by atoms with E-state index in [0.717, 1.165) is 16.6 Å². The highest BCUT2D eigenvalue weighted by atomic mass is 19.1. The summed E-state index contributed by atoms with van der Waals surface area (Å²) < 4.78 is 16.3. The van der Waals surface area contributed by atoms with Gasteiger partial charge in [-0.15, -0.1) is 0 Å². The second-order valence-corrected chi connectivity index (χ2v) is 5.96. The summed E-state index contributed by atoms with van der Waals surface area (Å²) >= 11 is 0. The van der Waals surface area contributed by atoms with Crippen LogP contribution in [0, 0.1) is 5.82 Å². The topological polar surface area (TPSA) is 56.0 Å². The number of aryl methyl sites for hydroxylation is 2. The lowest BCUT2D eigenvalue weighted by atomic mass is 10.1. The summed E-state index contributed by atoms with van der Waals surface area (Å²) in [6.07, 6.45) is 0.786. The first-order valence-corrected chi connectivity index (χ1v) is 8.21. The minimum atomic E-state index is -0.279. The smallest absolute Gasteiger partial charge is 0.328 e. The Morgan fingerprint density at radius 2 is 1.88 bits per heavy atom. The molecular weight excluding hydrogens is 321 g/mol. The lowest BCUT2D eigenvalue weighted by Gasteiger charge is -2.06. The molecule has 0 fully saturated rings. The Kier molecular flexibility index (Phi) is 4.97. The molecule has 0 radical (unpaired) electrons. The summed E-state index contributed by atoms with van der Waals surface area (Å²) in [5.41, 5.74) is 2.38. The molecule has 0 aliphatic heterocycles. The molecule has 0 spiro atoms. The van der Waals surface area contributed by atoms with Crippen LogP contribution in [0.4, 0.5) is 4.39 Å². The van der Waals surface area contributed by atoms with Gasteiger partial charge in [-0.05, 0) is 36.2 Å². The number of rotatable bonds is 6. The summed E-state index contributed by atoms with van der Waals surface area (Å²) in [6.45, 7) is 0.763. The van der Waals surface area contributed by atoms with Crippen LogP contribution in [0.2, 0.25) is 0 Å². The van der Waals surface area contributed by atoms with E-state index in [1.165, 1.54) is 12.1 Å². The molecule has 0 saturated carbocycles. The van der Waals surface area contributed by atoms with Gasteiger partial charge in [0.05, 0.1) is 11.0 Å². The molecule has 3 rings (SSSR count). The number of benzene rings is 2. The van der Waals surface area contributed by atoms with Gasteiger partial charge >= 0.3 is 5.69 Å². The molecule has 1 amide bonds. The average Bonchev–Trinajstić information content (AvgIpc) is 2.85. The molecule has 0 unspecified atom stereocenters. The number of para-hydroxylation sites is 2. The number of imidazole rings is 1. The Labute approximate surface area is 144 Å². The molecular formula is C19H20FN3O2. The number of hydrogen-bond donors (Lipinski definition) is 1. The Balaban J connectivity index is 1.56. The van der Waals surface area contributed by atoms with E-state index in [1.54, 1.807) is 22.2 Å². The molecule has 0 aliphatic rings. The Morgan fingerprint density at radius 1 is 1.12 bits per heavy atom. The van der Waals surface area contributed by atoms with Gasteiger partial charge in [-0.1, -0.05) is 24.3 Å². The summed E-state index contributed by atoms with van der Waals surface area (Å²) in [5, 5.41) is 2.81. The molecule has 6 heteroatoms. The van der Waals surface area contributed by atoms with Gasteiger partial charge in [0.1, 0.15) is 5.82 Å². The van der Waals surface area contributed by atoms with Crippen molar-refractivity contribution in [2.24, 2.45) is 7.05 Å². The zero-order valence-electron chi connectivity index (χ0n) is 14.0. The second-order valence-electron chi connectivity index (χ2n) is 5.96. The van der Waals surface area contributed by atoms with Crippen molar-refractivity contribution >= 4 is 16.9 Å². The molecule has 1 aromatic heterocycles. The van der Waals surface area contributed by atoms with Crippen LogP contribution in [-0.4, -0.2) is 21.6 Å². The Hall–Kier alpha value is -2.89. The van der Waals surface area contributed by atoms with Gasteiger partial charge in [0.15, 0.2) is 0 Å². The van der Waals surface area contributed by atoms with Crippen molar-refractivity contribution in [1.82, 2.24) is 14.5 Å². The van der Waals surface area contributed by atoms with Crippen molar-refractivity contribution in [2.75, 3.05) is 6.54 Å². The van der Waals surface area contributed by atoms with E-state index < -0.39 is 0 Å². The summed E-state index contributed by atoms with van der Waals surface area (Å²) in [4.78, 5) is 24.3. The number of nitrogens with zero attached hydrogens (tertiary/aromatic N) is 2. The number of aromatic nitrogens is 2. The highest BCUT2D eigenvalue weighted by molar-refractivity contribution is 5.77. The van der Waals surface area contributed by atoms with Crippen LogP contribution in [-0.2, 0) is 24.8 Å². The van der Waals surface area contributed by atoms with Crippen molar-refractivity contribution in [3.63, 3.8) is 0 Å². The van der Waals surface area contributed by atoms with Crippen molar-refractivity contribution in [3.05, 3.63) is 70.4 Å². The summed E-state index contributed by atoms with van der Waals surface area (Å²) in [5.74, 6) is -0.407. The molecule has 130 valence electrons. The lowest BCUT2D eigenvalue weighted by Crippen LogP contribution is -2.29. The maximum Gasteiger partial charge on any atom is 0.328 e. The van der Waals surface area contributed by atoms with E-state index in [-0.39, 0.29) is 23.8 Å². The molecule has 25 heavy (non-hydrogen) atoms. The molecule has 2 aromatic carbocycles. The molecule has 0 bridgehead atoms. The standard InChI is InChI=1S/C19H20FN3O2/c1-22-16-7-2-3-8-17(16)23(19(22)25)12-10-18(24)21-11-9-14-5-4-6-15(20)13-14/h2-8,13H,9-12H2,1H3,(H,21,24). The fourth-order valence-corrected chi connectivity index (χ4v) is 2.92. The van der Waals surface area contributed by atoms with E-state index >= 15 is 0 Å². The number of fused-ring (bicyclic) bond motifs is 1. The first-order valence-electron chi connectivity index (χ1n) is 8.21. The van der Waals surface area contributed by atoms with Crippen LogP contribution < -0.4 is 11.0 Å². The fraction of sp³-hybridized carbons (Fsp3) is 0.263. The van der Waals surface area contributed by atoms with E-state index in [9.17, 15) is 14.0 Å². The SMILES string of the molecule is Cn1c(=O)n(CCC(=O)NCCc2cccc(F)c2)c2ccccc21. The molecule has 0 atom stereocenters.